The van der Waals surface area contributed by atoms with Gasteiger partial charge in [-0.3, -0.25) is 4.98 Å². The van der Waals surface area contributed by atoms with E-state index in [2.05, 4.69) is 26.6 Å². The van der Waals surface area contributed by atoms with E-state index in [0.717, 1.165) is 27.8 Å². The lowest BCUT2D eigenvalue weighted by Crippen LogP contribution is -2.03. The number of nitriles is 1. The van der Waals surface area contributed by atoms with Crippen LogP contribution in [0.15, 0.2) is 36.5 Å². The first kappa shape index (κ1) is 13.0. The number of rotatable bonds is 2. The zero-order valence-corrected chi connectivity index (χ0v) is 11.8. The van der Waals surface area contributed by atoms with E-state index < -0.39 is 0 Å². The molecule has 3 aromatic rings. The second kappa shape index (κ2) is 5.17. The highest BCUT2D eigenvalue weighted by molar-refractivity contribution is 5.83. The number of aryl methyl sites for hydroxylation is 1. The SMILES string of the molecule is Cc1nnc(Nc2ccc3ncccc3c2)c(C#N)c1C. The first-order valence-corrected chi connectivity index (χ1v) is 6.55. The van der Waals surface area contributed by atoms with Crippen molar-refractivity contribution in [3.05, 3.63) is 53.3 Å². The Morgan fingerprint density at radius 1 is 1.14 bits per heavy atom. The molecule has 1 N–H and O–H groups in total. The Morgan fingerprint density at radius 3 is 2.81 bits per heavy atom. The number of benzene rings is 1. The summed E-state index contributed by atoms with van der Waals surface area (Å²) in [5.41, 5.74) is 3.91. The average Bonchev–Trinajstić information content (AvgIpc) is 2.51. The van der Waals surface area contributed by atoms with Gasteiger partial charge in [0, 0.05) is 17.3 Å². The highest BCUT2D eigenvalue weighted by atomic mass is 15.2. The summed E-state index contributed by atoms with van der Waals surface area (Å²) in [4.78, 5) is 4.28. The summed E-state index contributed by atoms with van der Waals surface area (Å²) in [5.74, 6) is 0.476. The van der Waals surface area contributed by atoms with Gasteiger partial charge >= 0.3 is 0 Å². The molecule has 0 radical (unpaired) electrons. The standard InChI is InChI=1S/C16H13N5/c1-10-11(2)20-21-16(14(10)9-17)19-13-5-6-15-12(8-13)4-3-7-18-15/h3-8H,1-2H3,(H,19,21). The van der Waals surface area contributed by atoms with Gasteiger partial charge in [0.25, 0.3) is 0 Å². The molecule has 0 amide bonds. The van der Waals surface area contributed by atoms with E-state index in [9.17, 15) is 5.26 Å². The van der Waals surface area contributed by atoms with Crippen molar-refractivity contribution >= 4 is 22.4 Å². The molecule has 0 aliphatic heterocycles. The minimum absolute atomic E-state index is 0.476. The molecule has 21 heavy (non-hydrogen) atoms. The number of hydrogen-bond donors (Lipinski definition) is 1. The first-order valence-electron chi connectivity index (χ1n) is 6.55. The molecule has 0 atom stereocenters. The predicted molar refractivity (Wildman–Crippen MR) is 81.2 cm³/mol. The van der Waals surface area contributed by atoms with Crippen LogP contribution < -0.4 is 5.32 Å². The van der Waals surface area contributed by atoms with Gasteiger partial charge in [0.2, 0.25) is 0 Å². The van der Waals surface area contributed by atoms with Crippen molar-refractivity contribution in [2.24, 2.45) is 0 Å². The van der Waals surface area contributed by atoms with Crippen molar-refractivity contribution in [1.82, 2.24) is 15.2 Å². The van der Waals surface area contributed by atoms with Crippen molar-refractivity contribution in [2.45, 2.75) is 13.8 Å². The van der Waals surface area contributed by atoms with Gasteiger partial charge in [-0.05, 0) is 43.7 Å². The van der Waals surface area contributed by atoms with Gasteiger partial charge in [0.1, 0.15) is 11.6 Å². The monoisotopic (exact) mass is 275 g/mol. The third kappa shape index (κ3) is 2.39. The zero-order valence-electron chi connectivity index (χ0n) is 11.8. The van der Waals surface area contributed by atoms with Gasteiger partial charge in [-0.2, -0.15) is 10.4 Å². The van der Waals surface area contributed by atoms with Crippen molar-refractivity contribution in [3.8, 4) is 6.07 Å². The van der Waals surface area contributed by atoms with Crippen LogP contribution in [-0.4, -0.2) is 15.2 Å². The molecule has 3 rings (SSSR count). The zero-order chi connectivity index (χ0) is 14.8. The second-order valence-electron chi connectivity index (χ2n) is 4.78. The summed E-state index contributed by atoms with van der Waals surface area (Å²) in [6.07, 6.45) is 1.76. The highest BCUT2D eigenvalue weighted by Gasteiger charge is 2.11. The predicted octanol–water partition coefficient (Wildman–Crippen LogP) is 3.26. The Balaban J connectivity index is 2.03. The number of fused-ring (bicyclic) bond motifs is 1. The van der Waals surface area contributed by atoms with E-state index in [-0.39, 0.29) is 0 Å². The summed E-state index contributed by atoms with van der Waals surface area (Å²) in [5, 5.41) is 21.6. The molecule has 0 bridgehead atoms. The summed E-state index contributed by atoms with van der Waals surface area (Å²) in [6, 6.07) is 11.9. The minimum atomic E-state index is 0.476. The van der Waals surface area contributed by atoms with Crippen LogP contribution in [-0.2, 0) is 0 Å². The van der Waals surface area contributed by atoms with Crippen molar-refractivity contribution in [3.63, 3.8) is 0 Å². The second-order valence-corrected chi connectivity index (χ2v) is 4.78. The Bertz CT molecular complexity index is 864. The fourth-order valence-corrected chi connectivity index (χ4v) is 2.12. The van der Waals surface area contributed by atoms with Crippen LogP contribution in [0.5, 0.6) is 0 Å². The lowest BCUT2D eigenvalue weighted by atomic mass is 10.1. The highest BCUT2D eigenvalue weighted by Crippen LogP contribution is 2.23. The molecule has 0 saturated heterocycles. The Hall–Kier alpha value is -3.00. The number of aromatic nitrogens is 3. The molecule has 0 fully saturated rings. The summed E-state index contributed by atoms with van der Waals surface area (Å²) in [6.45, 7) is 3.71. The maximum atomic E-state index is 9.31. The largest absolute Gasteiger partial charge is 0.338 e. The summed E-state index contributed by atoms with van der Waals surface area (Å²) < 4.78 is 0. The van der Waals surface area contributed by atoms with Crippen LogP contribution >= 0.6 is 0 Å². The fourth-order valence-electron chi connectivity index (χ4n) is 2.12. The maximum Gasteiger partial charge on any atom is 0.171 e. The molecule has 0 spiro atoms. The number of nitrogens with one attached hydrogen (secondary N) is 1. The lowest BCUT2D eigenvalue weighted by Gasteiger charge is -2.10. The summed E-state index contributed by atoms with van der Waals surface area (Å²) in [7, 11) is 0. The maximum absolute atomic E-state index is 9.31. The van der Waals surface area contributed by atoms with Crippen molar-refractivity contribution in [1.29, 1.82) is 5.26 Å². The van der Waals surface area contributed by atoms with Crippen LogP contribution in [0.4, 0.5) is 11.5 Å². The number of nitrogens with zero attached hydrogens (tertiary/aromatic N) is 4. The van der Waals surface area contributed by atoms with Crippen LogP contribution in [0, 0.1) is 25.2 Å². The molecule has 0 unspecified atom stereocenters. The number of hydrogen-bond acceptors (Lipinski definition) is 5. The third-order valence-electron chi connectivity index (χ3n) is 3.43. The van der Waals surface area contributed by atoms with E-state index in [1.807, 2.05) is 44.2 Å². The van der Waals surface area contributed by atoms with E-state index >= 15 is 0 Å². The van der Waals surface area contributed by atoms with E-state index in [1.165, 1.54) is 0 Å². The van der Waals surface area contributed by atoms with Crippen LogP contribution in [0.25, 0.3) is 10.9 Å². The van der Waals surface area contributed by atoms with E-state index in [1.54, 1.807) is 6.20 Å². The summed E-state index contributed by atoms with van der Waals surface area (Å²) >= 11 is 0. The van der Waals surface area contributed by atoms with Gasteiger partial charge < -0.3 is 5.32 Å². The molecule has 1 aromatic carbocycles. The molecule has 5 nitrogen and oxygen atoms in total. The number of pyridine rings is 1. The number of anilines is 2. The van der Waals surface area contributed by atoms with Crippen LogP contribution in [0.1, 0.15) is 16.8 Å². The van der Waals surface area contributed by atoms with Crippen molar-refractivity contribution < 1.29 is 0 Å². The molecule has 2 aromatic heterocycles. The molecule has 0 aliphatic rings. The van der Waals surface area contributed by atoms with Gasteiger partial charge in [0.15, 0.2) is 5.82 Å². The fraction of sp³-hybridized carbons (Fsp3) is 0.125. The Kier molecular flexibility index (Phi) is 3.20. The van der Waals surface area contributed by atoms with E-state index in [0.29, 0.717) is 11.4 Å². The Morgan fingerprint density at radius 2 is 2.00 bits per heavy atom. The minimum Gasteiger partial charge on any atom is -0.338 e. The average molecular weight is 275 g/mol. The molecule has 102 valence electrons. The van der Waals surface area contributed by atoms with Crippen LogP contribution in [0.2, 0.25) is 0 Å². The van der Waals surface area contributed by atoms with Gasteiger partial charge in [-0.25, -0.2) is 0 Å². The van der Waals surface area contributed by atoms with Gasteiger partial charge in [-0.1, -0.05) is 6.07 Å². The molecular formula is C16H13N5. The van der Waals surface area contributed by atoms with Gasteiger partial charge in [-0.15, -0.1) is 5.10 Å². The topological polar surface area (TPSA) is 74.5 Å². The quantitative estimate of drug-likeness (QED) is 0.777. The molecule has 5 heteroatoms. The van der Waals surface area contributed by atoms with E-state index in [4.69, 9.17) is 0 Å². The third-order valence-corrected chi connectivity index (χ3v) is 3.43. The molecule has 2 heterocycles. The van der Waals surface area contributed by atoms with Crippen LogP contribution in [0.3, 0.4) is 0 Å². The molecule has 0 saturated carbocycles. The van der Waals surface area contributed by atoms with Gasteiger partial charge in [0.05, 0.1) is 11.2 Å². The molecule has 0 aliphatic carbocycles. The normalized spacial score (nSPS) is 10.3. The lowest BCUT2D eigenvalue weighted by molar-refractivity contribution is 0.960. The molecular weight excluding hydrogens is 262 g/mol. The van der Waals surface area contributed by atoms with Crippen molar-refractivity contribution in [2.75, 3.05) is 5.32 Å². The smallest absolute Gasteiger partial charge is 0.171 e. The first-order chi connectivity index (χ1) is 10.2. The Labute approximate surface area is 122 Å².